The van der Waals surface area contributed by atoms with Crippen molar-refractivity contribution in [2.24, 2.45) is 4.99 Å². The quantitative estimate of drug-likeness (QED) is 0.532. The maximum Gasteiger partial charge on any atom is 0.221 e. The van der Waals surface area contributed by atoms with Gasteiger partial charge in [-0.2, -0.15) is 0 Å². The molecule has 1 rings (SSSR count). The molecule has 0 radical (unpaired) electrons. The molecule has 5 nitrogen and oxygen atoms in total. The molecule has 0 unspecified atom stereocenters. The normalized spacial score (nSPS) is 11.6. The molecule has 0 bridgehead atoms. The first kappa shape index (κ1) is 17.5. The third-order valence-corrected chi connectivity index (χ3v) is 4.04. The molecule has 1 heterocycles. The van der Waals surface area contributed by atoms with Gasteiger partial charge in [-0.25, -0.2) is 0 Å². The summed E-state index contributed by atoms with van der Waals surface area (Å²) < 4.78 is 0. The lowest BCUT2D eigenvalue weighted by molar-refractivity contribution is -0.121. The molecule has 0 aromatic carbocycles. The fraction of sp³-hybridized carbons (Fsp3) is 0.600. The van der Waals surface area contributed by atoms with Gasteiger partial charge in [0.1, 0.15) is 0 Å². The van der Waals surface area contributed by atoms with Gasteiger partial charge in [0.05, 0.1) is 6.54 Å². The van der Waals surface area contributed by atoms with E-state index in [0.717, 1.165) is 18.9 Å². The number of carbonyl (C=O) groups excluding carboxylic acids is 1. The number of rotatable bonds is 7. The van der Waals surface area contributed by atoms with E-state index in [-0.39, 0.29) is 11.9 Å². The zero-order chi connectivity index (χ0) is 15.7. The lowest BCUT2D eigenvalue weighted by Crippen LogP contribution is -2.39. The van der Waals surface area contributed by atoms with E-state index in [1.807, 2.05) is 25.2 Å². The highest BCUT2D eigenvalue weighted by atomic mass is 32.1. The van der Waals surface area contributed by atoms with Crippen molar-refractivity contribution < 1.29 is 4.79 Å². The zero-order valence-electron chi connectivity index (χ0n) is 13.3. The van der Waals surface area contributed by atoms with Crippen molar-refractivity contribution in [2.75, 3.05) is 13.6 Å². The summed E-state index contributed by atoms with van der Waals surface area (Å²) >= 11 is 1.81. The molecule has 0 aliphatic heterocycles. The van der Waals surface area contributed by atoms with E-state index in [0.29, 0.717) is 13.0 Å². The largest absolute Gasteiger partial charge is 0.356 e. The van der Waals surface area contributed by atoms with Crippen LogP contribution in [0.5, 0.6) is 0 Å². The molecule has 1 aromatic rings. The smallest absolute Gasteiger partial charge is 0.221 e. The van der Waals surface area contributed by atoms with Gasteiger partial charge in [-0.05, 0) is 32.4 Å². The van der Waals surface area contributed by atoms with Gasteiger partial charge in [0, 0.05) is 35.8 Å². The van der Waals surface area contributed by atoms with Gasteiger partial charge in [0.2, 0.25) is 5.91 Å². The molecule has 0 saturated heterocycles. The minimum absolute atomic E-state index is 0.0544. The second kappa shape index (κ2) is 9.39. The number of amides is 1. The third-order valence-electron chi connectivity index (χ3n) is 2.81. The molecule has 0 aliphatic rings. The number of hydrogen-bond acceptors (Lipinski definition) is 3. The molecular weight excluding hydrogens is 284 g/mol. The molecule has 21 heavy (non-hydrogen) atoms. The first-order valence-corrected chi connectivity index (χ1v) is 8.18. The number of hydrogen-bond donors (Lipinski definition) is 3. The van der Waals surface area contributed by atoms with Gasteiger partial charge in [-0.15, -0.1) is 11.3 Å². The van der Waals surface area contributed by atoms with E-state index < -0.39 is 0 Å². The van der Waals surface area contributed by atoms with Crippen LogP contribution in [0.3, 0.4) is 0 Å². The van der Waals surface area contributed by atoms with Crippen LogP contribution >= 0.6 is 11.3 Å². The topological polar surface area (TPSA) is 65.5 Å². The Hall–Kier alpha value is -1.56. The molecule has 0 saturated carbocycles. The van der Waals surface area contributed by atoms with Gasteiger partial charge in [-0.3, -0.25) is 9.79 Å². The molecule has 0 atom stereocenters. The predicted octanol–water partition coefficient (Wildman–Crippen LogP) is 1.89. The van der Waals surface area contributed by atoms with Crippen molar-refractivity contribution in [3.63, 3.8) is 0 Å². The molecule has 1 amide bonds. The molecule has 0 spiro atoms. The van der Waals surface area contributed by atoms with E-state index >= 15 is 0 Å². The number of aliphatic imine (C=N–C) groups is 1. The van der Waals surface area contributed by atoms with Gasteiger partial charge < -0.3 is 16.0 Å². The highest BCUT2D eigenvalue weighted by Crippen LogP contribution is 2.16. The van der Waals surface area contributed by atoms with Crippen molar-refractivity contribution in [2.45, 2.75) is 46.2 Å². The number of guanidine groups is 1. The van der Waals surface area contributed by atoms with Crippen LogP contribution in [0.4, 0.5) is 0 Å². The Morgan fingerprint density at radius 2 is 2.00 bits per heavy atom. The summed E-state index contributed by atoms with van der Waals surface area (Å²) in [7, 11) is 1.73. The maximum absolute atomic E-state index is 11.5. The molecule has 118 valence electrons. The van der Waals surface area contributed by atoms with Crippen molar-refractivity contribution in [1.29, 1.82) is 0 Å². The second-order valence-corrected chi connectivity index (χ2v) is 6.30. The summed E-state index contributed by atoms with van der Waals surface area (Å²) in [5, 5.41) is 9.27. The fourth-order valence-electron chi connectivity index (χ4n) is 1.79. The Balaban J connectivity index is 2.27. The van der Waals surface area contributed by atoms with E-state index in [1.165, 1.54) is 9.75 Å². The summed E-state index contributed by atoms with van der Waals surface area (Å²) in [6, 6.07) is 4.48. The highest BCUT2D eigenvalue weighted by Gasteiger charge is 2.04. The van der Waals surface area contributed by atoms with Crippen molar-refractivity contribution in [3.05, 3.63) is 21.9 Å². The van der Waals surface area contributed by atoms with Crippen LogP contribution in [-0.2, 0) is 17.8 Å². The van der Waals surface area contributed by atoms with Crippen LogP contribution in [0.15, 0.2) is 17.1 Å². The maximum atomic E-state index is 11.5. The lowest BCUT2D eigenvalue weighted by Gasteiger charge is -2.12. The molecule has 3 N–H and O–H groups in total. The van der Waals surface area contributed by atoms with E-state index in [9.17, 15) is 4.79 Å². The summed E-state index contributed by atoms with van der Waals surface area (Å²) in [5.74, 6) is 0.776. The average Bonchev–Trinajstić information content (AvgIpc) is 2.89. The minimum atomic E-state index is 0.0544. The van der Waals surface area contributed by atoms with Crippen molar-refractivity contribution >= 4 is 23.2 Å². The predicted molar refractivity (Wildman–Crippen MR) is 89.8 cm³/mol. The lowest BCUT2D eigenvalue weighted by atomic mass is 10.3. The Labute approximate surface area is 131 Å². The van der Waals surface area contributed by atoms with Crippen LogP contribution in [-0.4, -0.2) is 31.5 Å². The van der Waals surface area contributed by atoms with E-state index in [4.69, 9.17) is 0 Å². The standard InChI is InChI=1S/C15H26N4OS/c1-5-12-6-7-13(21-12)10-18-15(16-4)17-9-8-14(20)19-11(2)3/h6-7,11H,5,8-10H2,1-4H3,(H,19,20)(H2,16,17,18). The SMILES string of the molecule is CCc1ccc(CNC(=NC)NCCC(=O)NC(C)C)s1. The molecular formula is C15H26N4OS. The Bertz CT molecular complexity index is 468. The summed E-state index contributed by atoms with van der Waals surface area (Å²) in [6.45, 7) is 7.39. The summed E-state index contributed by atoms with van der Waals surface area (Å²) in [4.78, 5) is 18.4. The van der Waals surface area contributed by atoms with E-state index in [1.54, 1.807) is 7.05 Å². The first-order valence-electron chi connectivity index (χ1n) is 7.36. The molecule has 0 aliphatic carbocycles. The van der Waals surface area contributed by atoms with Gasteiger partial charge in [-0.1, -0.05) is 6.92 Å². The zero-order valence-corrected chi connectivity index (χ0v) is 14.1. The Morgan fingerprint density at radius 3 is 2.57 bits per heavy atom. The van der Waals surface area contributed by atoms with Gasteiger partial charge >= 0.3 is 0 Å². The average molecular weight is 310 g/mol. The number of aryl methyl sites for hydroxylation is 1. The Kier molecular flexibility index (Phi) is 7.82. The molecule has 6 heteroatoms. The summed E-state index contributed by atoms with van der Waals surface area (Å²) in [6.07, 6.45) is 1.51. The number of thiophene rings is 1. The second-order valence-electron chi connectivity index (χ2n) is 5.05. The number of nitrogens with zero attached hydrogens (tertiary/aromatic N) is 1. The number of nitrogens with one attached hydrogen (secondary N) is 3. The van der Waals surface area contributed by atoms with Crippen LogP contribution in [0.1, 0.15) is 36.9 Å². The van der Waals surface area contributed by atoms with Crippen LogP contribution in [0.25, 0.3) is 0 Å². The minimum Gasteiger partial charge on any atom is -0.356 e. The van der Waals surface area contributed by atoms with Gasteiger partial charge in [0.25, 0.3) is 0 Å². The monoisotopic (exact) mass is 310 g/mol. The first-order chi connectivity index (χ1) is 10.0. The van der Waals surface area contributed by atoms with Crippen molar-refractivity contribution in [1.82, 2.24) is 16.0 Å². The molecule has 1 aromatic heterocycles. The third kappa shape index (κ3) is 7.13. The fourth-order valence-corrected chi connectivity index (χ4v) is 2.68. The number of carbonyl (C=O) groups is 1. The van der Waals surface area contributed by atoms with E-state index in [2.05, 4.69) is 40.0 Å². The van der Waals surface area contributed by atoms with Crippen LogP contribution < -0.4 is 16.0 Å². The van der Waals surface area contributed by atoms with Gasteiger partial charge in [0.15, 0.2) is 5.96 Å². The highest BCUT2D eigenvalue weighted by molar-refractivity contribution is 7.11. The van der Waals surface area contributed by atoms with Crippen molar-refractivity contribution in [3.8, 4) is 0 Å². The Morgan fingerprint density at radius 1 is 1.29 bits per heavy atom. The van der Waals surface area contributed by atoms with Crippen LogP contribution in [0, 0.1) is 0 Å². The van der Waals surface area contributed by atoms with Crippen LogP contribution in [0.2, 0.25) is 0 Å². The summed E-state index contributed by atoms with van der Waals surface area (Å²) in [5.41, 5.74) is 0. The molecule has 0 fully saturated rings.